The molecule has 0 aliphatic carbocycles. The molecule has 2 aromatic rings. The van der Waals surface area contributed by atoms with Crippen LogP contribution in [-0.2, 0) is 11.3 Å². The van der Waals surface area contributed by atoms with Crippen LogP contribution in [0.1, 0.15) is 37.3 Å². The summed E-state index contributed by atoms with van der Waals surface area (Å²) in [6.45, 7) is 5.17. The summed E-state index contributed by atoms with van der Waals surface area (Å²) in [4.78, 5) is 14.7. The van der Waals surface area contributed by atoms with E-state index in [0.717, 1.165) is 29.7 Å². The first-order chi connectivity index (χ1) is 12.9. The Morgan fingerprint density at radius 3 is 2.41 bits per heavy atom. The van der Waals surface area contributed by atoms with Crippen molar-refractivity contribution in [3.8, 4) is 17.2 Å². The number of benzene rings is 2. The average Bonchev–Trinajstić information content (AvgIpc) is 2.64. The topological polar surface area (TPSA) is 56.1 Å². The lowest BCUT2D eigenvalue weighted by Gasteiger charge is -2.19. The molecule has 4 heteroatoms. The fourth-order valence-electron chi connectivity index (χ4n) is 3.22. The van der Waals surface area contributed by atoms with Crippen molar-refractivity contribution >= 4 is 5.91 Å². The van der Waals surface area contributed by atoms with E-state index < -0.39 is 0 Å². The summed E-state index contributed by atoms with van der Waals surface area (Å²) in [7, 11) is 4.12. The van der Waals surface area contributed by atoms with Crippen molar-refractivity contribution in [2.75, 3.05) is 20.6 Å². The molecule has 0 spiro atoms. The molecule has 1 atom stereocenters. The van der Waals surface area contributed by atoms with Crippen molar-refractivity contribution in [3.05, 3.63) is 59.7 Å². The maximum absolute atomic E-state index is 12.6. The minimum Gasteiger partial charge on any atom is -0.342 e. The van der Waals surface area contributed by atoms with Gasteiger partial charge in [0.1, 0.15) is 6.54 Å². The van der Waals surface area contributed by atoms with E-state index in [1.165, 1.54) is 5.56 Å². The molecule has 0 fully saturated rings. The molecule has 142 valence electrons. The van der Waals surface area contributed by atoms with E-state index in [9.17, 15) is 4.79 Å². The lowest BCUT2D eigenvalue weighted by molar-refractivity contribution is -0.122. The Morgan fingerprint density at radius 1 is 1.11 bits per heavy atom. The largest absolute Gasteiger partial charge is 0.342 e. The third-order valence-corrected chi connectivity index (χ3v) is 4.44. The van der Waals surface area contributed by atoms with Crippen LogP contribution in [0, 0.1) is 17.2 Å². The van der Waals surface area contributed by atoms with Crippen molar-refractivity contribution in [2.24, 2.45) is 5.92 Å². The summed E-state index contributed by atoms with van der Waals surface area (Å²) in [5.74, 6) is 0.0619. The van der Waals surface area contributed by atoms with Gasteiger partial charge in [-0.1, -0.05) is 62.4 Å². The highest BCUT2D eigenvalue weighted by molar-refractivity contribution is 5.84. The van der Waals surface area contributed by atoms with E-state index >= 15 is 0 Å². The summed E-state index contributed by atoms with van der Waals surface area (Å²) in [5.41, 5.74) is 4.51. The Hall–Kier alpha value is -2.64. The van der Waals surface area contributed by atoms with Crippen molar-refractivity contribution < 1.29 is 4.79 Å². The van der Waals surface area contributed by atoms with Gasteiger partial charge >= 0.3 is 0 Å². The summed E-state index contributed by atoms with van der Waals surface area (Å²) < 4.78 is 0. The molecule has 1 unspecified atom stereocenters. The fraction of sp³-hybridized carbons (Fsp3) is 0.391. The Morgan fingerprint density at radius 2 is 1.81 bits per heavy atom. The Bertz CT molecular complexity index is 788. The quantitative estimate of drug-likeness (QED) is 0.716. The van der Waals surface area contributed by atoms with Crippen LogP contribution in [0.3, 0.4) is 0 Å². The van der Waals surface area contributed by atoms with E-state index in [2.05, 4.69) is 74.6 Å². The highest BCUT2D eigenvalue weighted by Gasteiger charge is 2.22. The molecule has 0 aromatic heterocycles. The Labute approximate surface area is 162 Å². The Kier molecular flexibility index (Phi) is 7.57. The highest BCUT2D eigenvalue weighted by Crippen LogP contribution is 2.28. The van der Waals surface area contributed by atoms with Gasteiger partial charge in [0.2, 0.25) is 5.91 Å². The molecule has 0 radical (unpaired) electrons. The molecule has 0 aliphatic rings. The second kappa shape index (κ2) is 9.89. The van der Waals surface area contributed by atoms with Crippen molar-refractivity contribution in [3.63, 3.8) is 0 Å². The highest BCUT2D eigenvalue weighted by atomic mass is 16.1. The first kappa shape index (κ1) is 20.7. The van der Waals surface area contributed by atoms with Crippen molar-refractivity contribution in [1.82, 2.24) is 10.2 Å². The minimum absolute atomic E-state index is 0.0421. The number of hydrogen-bond acceptors (Lipinski definition) is 3. The van der Waals surface area contributed by atoms with Gasteiger partial charge in [-0.2, -0.15) is 5.26 Å². The number of carbonyl (C=O) groups is 1. The standard InChI is InChI=1S/C23H29N3O/c1-17(2)14-22(23(27)25-13-12-24)21-7-5-6-20(15-21)19-10-8-18(9-11-19)16-26(3)4/h5-11,15,17,22H,13-14,16H2,1-4H3,(H,25,27). The maximum atomic E-state index is 12.6. The van der Waals surface area contributed by atoms with Gasteiger partial charge in [-0.3, -0.25) is 4.79 Å². The second-order valence-electron chi connectivity index (χ2n) is 7.62. The van der Waals surface area contributed by atoms with Gasteiger partial charge in [0.25, 0.3) is 0 Å². The molecular formula is C23H29N3O. The van der Waals surface area contributed by atoms with Crippen LogP contribution in [-0.4, -0.2) is 31.4 Å². The monoisotopic (exact) mass is 363 g/mol. The van der Waals surface area contributed by atoms with Crippen molar-refractivity contribution in [2.45, 2.75) is 32.7 Å². The summed E-state index contributed by atoms with van der Waals surface area (Å²) in [5, 5.41) is 11.5. The molecule has 1 amide bonds. The van der Waals surface area contributed by atoms with Crippen LogP contribution in [0.2, 0.25) is 0 Å². The number of amides is 1. The van der Waals surface area contributed by atoms with E-state index in [1.54, 1.807) is 0 Å². The number of carbonyl (C=O) groups excluding carboxylic acids is 1. The minimum atomic E-state index is -0.244. The van der Waals surface area contributed by atoms with E-state index in [1.807, 2.05) is 18.2 Å². The van der Waals surface area contributed by atoms with Gasteiger partial charge in [0.05, 0.1) is 12.0 Å². The molecule has 0 heterocycles. The predicted molar refractivity (Wildman–Crippen MR) is 110 cm³/mol. The van der Waals surface area contributed by atoms with Crippen LogP contribution in [0.5, 0.6) is 0 Å². The SMILES string of the molecule is CC(C)CC(C(=O)NCC#N)c1cccc(-c2ccc(CN(C)C)cc2)c1. The maximum Gasteiger partial charge on any atom is 0.228 e. The molecule has 27 heavy (non-hydrogen) atoms. The second-order valence-corrected chi connectivity index (χ2v) is 7.62. The zero-order valence-corrected chi connectivity index (χ0v) is 16.7. The molecular weight excluding hydrogens is 334 g/mol. The molecule has 0 saturated carbocycles. The van der Waals surface area contributed by atoms with Crippen LogP contribution in [0.25, 0.3) is 11.1 Å². The van der Waals surface area contributed by atoms with Crippen LogP contribution in [0.4, 0.5) is 0 Å². The van der Waals surface area contributed by atoms with Gasteiger partial charge < -0.3 is 10.2 Å². The van der Waals surface area contributed by atoms with E-state index in [0.29, 0.717) is 5.92 Å². The molecule has 0 bridgehead atoms. The fourth-order valence-corrected chi connectivity index (χ4v) is 3.22. The number of nitrogens with zero attached hydrogens (tertiary/aromatic N) is 2. The number of rotatable bonds is 8. The predicted octanol–water partition coefficient (Wildman–Crippen LogP) is 4.18. The summed E-state index contributed by atoms with van der Waals surface area (Å²) in [6, 6.07) is 18.7. The van der Waals surface area contributed by atoms with Gasteiger partial charge in [-0.05, 0) is 48.7 Å². The third-order valence-electron chi connectivity index (χ3n) is 4.44. The summed E-state index contributed by atoms with van der Waals surface area (Å²) in [6.07, 6.45) is 0.752. The summed E-state index contributed by atoms with van der Waals surface area (Å²) >= 11 is 0. The normalized spacial score (nSPS) is 12.0. The zero-order chi connectivity index (χ0) is 19.8. The molecule has 2 aromatic carbocycles. The lowest BCUT2D eigenvalue weighted by atomic mass is 9.88. The van der Waals surface area contributed by atoms with E-state index in [-0.39, 0.29) is 18.4 Å². The average molecular weight is 364 g/mol. The first-order valence-electron chi connectivity index (χ1n) is 9.39. The first-order valence-corrected chi connectivity index (χ1v) is 9.39. The number of hydrogen-bond donors (Lipinski definition) is 1. The third kappa shape index (κ3) is 6.23. The van der Waals surface area contributed by atoms with Crippen LogP contribution in [0.15, 0.2) is 48.5 Å². The molecule has 2 rings (SSSR count). The zero-order valence-electron chi connectivity index (χ0n) is 16.7. The van der Waals surface area contributed by atoms with Gasteiger partial charge in [0, 0.05) is 6.54 Å². The number of nitrogens with one attached hydrogen (secondary N) is 1. The van der Waals surface area contributed by atoms with Crippen LogP contribution >= 0.6 is 0 Å². The molecule has 1 N–H and O–H groups in total. The molecule has 4 nitrogen and oxygen atoms in total. The van der Waals surface area contributed by atoms with Crippen LogP contribution < -0.4 is 5.32 Å². The van der Waals surface area contributed by atoms with Gasteiger partial charge in [-0.25, -0.2) is 0 Å². The van der Waals surface area contributed by atoms with Gasteiger partial charge in [-0.15, -0.1) is 0 Å². The van der Waals surface area contributed by atoms with E-state index in [4.69, 9.17) is 5.26 Å². The lowest BCUT2D eigenvalue weighted by Crippen LogP contribution is -2.30. The van der Waals surface area contributed by atoms with Gasteiger partial charge in [0.15, 0.2) is 0 Å². The Balaban J connectivity index is 2.27. The molecule has 0 saturated heterocycles. The smallest absolute Gasteiger partial charge is 0.228 e. The number of nitriles is 1. The molecule has 0 aliphatic heterocycles. The van der Waals surface area contributed by atoms with Crippen molar-refractivity contribution in [1.29, 1.82) is 5.26 Å².